The monoisotopic (exact) mass is 227 g/mol. The minimum absolute atomic E-state index is 0.0632. The second-order valence-corrected chi connectivity index (χ2v) is 5.51. The van der Waals surface area contributed by atoms with Crippen molar-refractivity contribution in [2.24, 2.45) is 5.41 Å². The van der Waals surface area contributed by atoms with E-state index in [2.05, 4.69) is 35.7 Å². The van der Waals surface area contributed by atoms with Gasteiger partial charge in [0.25, 0.3) is 5.91 Å². The summed E-state index contributed by atoms with van der Waals surface area (Å²) in [6.45, 7) is 8.94. The van der Waals surface area contributed by atoms with Crippen molar-refractivity contribution in [2.75, 3.05) is 6.54 Å². The molecule has 0 radical (unpaired) electrons. The maximum Gasteiger partial charge on any atom is 0.264 e. The third-order valence-electron chi connectivity index (χ3n) is 2.02. The third kappa shape index (κ3) is 3.95. The lowest BCUT2D eigenvalue weighted by atomic mass is 9.92. The van der Waals surface area contributed by atoms with Crippen molar-refractivity contribution in [3.8, 4) is 0 Å². The zero-order chi connectivity index (χ0) is 11.5. The number of hydrogen-bond donors (Lipinski definition) is 1. The van der Waals surface area contributed by atoms with Crippen LogP contribution in [0.3, 0.4) is 0 Å². The highest BCUT2D eigenvalue weighted by atomic mass is 32.1. The molecule has 0 unspecified atom stereocenters. The molecule has 0 fully saturated rings. The maximum absolute atomic E-state index is 11.6. The predicted octanol–water partition coefficient (Wildman–Crippen LogP) is 2.01. The first-order chi connectivity index (χ1) is 6.90. The molecule has 1 amide bonds. The minimum atomic E-state index is -0.0632. The van der Waals surface area contributed by atoms with Crippen LogP contribution in [0.4, 0.5) is 0 Å². The molecule has 0 spiro atoms. The smallest absolute Gasteiger partial charge is 0.264 e. The van der Waals surface area contributed by atoms with E-state index >= 15 is 0 Å². The fraction of sp³-hybridized carbons (Fsp3) is 0.700. The largest absolute Gasteiger partial charge is 0.351 e. The Morgan fingerprint density at radius 1 is 1.47 bits per heavy atom. The molecule has 1 N–H and O–H groups in total. The van der Waals surface area contributed by atoms with Crippen molar-refractivity contribution in [1.82, 2.24) is 14.9 Å². The number of aryl methyl sites for hydroxylation is 1. The summed E-state index contributed by atoms with van der Waals surface area (Å²) >= 11 is 1.14. The number of rotatable bonds is 3. The van der Waals surface area contributed by atoms with Gasteiger partial charge in [-0.15, -0.1) is 5.10 Å². The first-order valence-electron chi connectivity index (χ1n) is 4.97. The van der Waals surface area contributed by atoms with Gasteiger partial charge in [-0.1, -0.05) is 25.3 Å². The summed E-state index contributed by atoms with van der Waals surface area (Å²) in [7, 11) is 0. The summed E-state index contributed by atoms with van der Waals surface area (Å²) in [5.74, 6) is -0.0632. The molecule has 0 aromatic carbocycles. The Bertz CT molecular complexity index is 341. The highest BCUT2D eigenvalue weighted by Gasteiger charge is 2.14. The Hall–Kier alpha value is -0.970. The average Bonchev–Trinajstić information content (AvgIpc) is 2.48. The van der Waals surface area contributed by atoms with E-state index in [1.165, 1.54) is 0 Å². The molecular formula is C10H17N3OS. The van der Waals surface area contributed by atoms with Gasteiger partial charge in [-0.2, -0.15) is 0 Å². The molecule has 1 rings (SSSR count). The van der Waals surface area contributed by atoms with Gasteiger partial charge in [0.2, 0.25) is 0 Å². The van der Waals surface area contributed by atoms with Crippen LogP contribution in [0.2, 0.25) is 0 Å². The fourth-order valence-corrected chi connectivity index (χ4v) is 1.64. The van der Waals surface area contributed by atoms with E-state index in [-0.39, 0.29) is 11.3 Å². The lowest BCUT2D eigenvalue weighted by Gasteiger charge is -2.17. The van der Waals surface area contributed by atoms with Crippen LogP contribution >= 0.6 is 11.5 Å². The topological polar surface area (TPSA) is 54.9 Å². The molecule has 5 heteroatoms. The second-order valence-electron chi connectivity index (χ2n) is 4.75. The molecule has 0 saturated heterocycles. The Morgan fingerprint density at radius 2 is 2.13 bits per heavy atom. The molecule has 1 aromatic heterocycles. The van der Waals surface area contributed by atoms with Gasteiger partial charge in [0.1, 0.15) is 4.88 Å². The van der Waals surface area contributed by atoms with Gasteiger partial charge >= 0.3 is 0 Å². The minimum Gasteiger partial charge on any atom is -0.351 e. The summed E-state index contributed by atoms with van der Waals surface area (Å²) in [5.41, 5.74) is 0.946. The molecule has 15 heavy (non-hydrogen) atoms. The lowest BCUT2D eigenvalue weighted by molar-refractivity contribution is 0.0953. The molecule has 1 heterocycles. The van der Waals surface area contributed by atoms with Crippen LogP contribution in [0.5, 0.6) is 0 Å². The highest BCUT2D eigenvalue weighted by molar-refractivity contribution is 7.07. The van der Waals surface area contributed by atoms with Gasteiger partial charge < -0.3 is 5.32 Å². The van der Waals surface area contributed by atoms with Crippen LogP contribution in [0.1, 0.15) is 42.6 Å². The molecule has 0 saturated carbocycles. The Morgan fingerprint density at radius 3 is 2.60 bits per heavy atom. The lowest BCUT2D eigenvalue weighted by Crippen LogP contribution is -2.27. The fourth-order valence-electron chi connectivity index (χ4n) is 1.07. The van der Waals surface area contributed by atoms with Gasteiger partial charge in [-0.25, -0.2) is 0 Å². The van der Waals surface area contributed by atoms with Crippen LogP contribution in [0, 0.1) is 12.3 Å². The van der Waals surface area contributed by atoms with Crippen LogP contribution in [0.15, 0.2) is 0 Å². The SMILES string of the molecule is Cc1nnsc1C(=O)NCCC(C)(C)C. The maximum atomic E-state index is 11.6. The van der Waals surface area contributed by atoms with E-state index in [1.807, 2.05) is 0 Å². The van der Waals surface area contributed by atoms with Crippen molar-refractivity contribution in [2.45, 2.75) is 34.1 Å². The quantitative estimate of drug-likeness (QED) is 0.859. The highest BCUT2D eigenvalue weighted by Crippen LogP contribution is 2.17. The van der Waals surface area contributed by atoms with E-state index in [0.717, 1.165) is 18.0 Å². The van der Waals surface area contributed by atoms with Gasteiger partial charge in [0.05, 0.1) is 5.69 Å². The number of hydrogen-bond acceptors (Lipinski definition) is 4. The van der Waals surface area contributed by atoms with E-state index < -0.39 is 0 Å². The van der Waals surface area contributed by atoms with Crippen LogP contribution in [-0.2, 0) is 0 Å². The number of carbonyl (C=O) groups is 1. The summed E-state index contributed by atoms with van der Waals surface area (Å²) in [6.07, 6.45) is 0.962. The van der Waals surface area contributed by atoms with Crippen molar-refractivity contribution in [3.05, 3.63) is 10.6 Å². The van der Waals surface area contributed by atoms with Crippen molar-refractivity contribution in [3.63, 3.8) is 0 Å². The predicted molar refractivity (Wildman–Crippen MR) is 61.1 cm³/mol. The molecular weight excluding hydrogens is 210 g/mol. The van der Waals surface area contributed by atoms with E-state index in [9.17, 15) is 4.79 Å². The molecule has 0 aliphatic carbocycles. The van der Waals surface area contributed by atoms with Crippen molar-refractivity contribution >= 4 is 17.4 Å². The number of nitrogens with zero attached hydrogens (tertiary/aromatic N) is 2. The molecule has 1 aromatic rings. The second kappa shape index (κ2) is 4.70. The molecule has 0 atom stereocenters. The number of aromatic nitrogens is 2. The van der Waals surface area contributed by atoms with Gasteiger partial charge in [0, 0.05) is 6.54 Å². The normalized spacial score (nSPS) is 11.5. The third-order valence-corrected chi connectivity index (χ3v) is 2.85. The van der Waals surface area contributed by atoms with Crippen molar-refractivity contribution < 1.29 is 4.79 Å². The first kappa shape index (κ1) is 12.1. The van der Waals surface area contributed by atoms with E-state index in [1.54, 1.807) is 6.92 Å². The Labute approximate surface area is 94.3 Å². The van der Waals surface area contributed by atoms with E-state index in [0.29, 0.717) is 17.1 Å². The van der Waals surface area contributed by atoms with Gasteiger partial charge in [0.15, 0.2) is 0 Å². The van der Waals surface area contributed by atoms with Gasteiger partial charge in [-0.3, -0.25) is 4.79 Å². The molecule has 0 aliphatic heterocycles. The zero-order valence-corrected chi connectivity index (χ0v) is 10.4. The first-order valence-corrected chi connectivity index (χ1v) is 5.74. The Balaban J connectivity index is 2.41. The summed E-state index contributed by atoms with van der Waals surface area (Å²) in [5, 5.41) is 6.68. The molecule has 0 aliphatic rings. The standard InChI is InChI=1S/C10H17N3OS/c1-7-8(15-13-12-7)9(14)11-6-5-10(2,3)4/h5-6H2,1-4H3,(H,11,14). The van der Waals surface area contributed by atoms with E-state index in [4.69, 9.17) is 0 Å². The Kier molecular flexibility index (Phi) is 3.79. The summed E-state index contributed by atoms with van der Waals surface area (Å²) < 4.78 is 3.73. The average molecular weight is 227 g/mol. The number of carbonyl (C=O) groups excluding carboxylic acids is 1. The molecule has 0 bridgehead atoms. The molecule has 84 valence electrons. The van der Waals surface area contributed by atoms with Crippen LogP contribution < -0.4 is 5.32 Å². The molecule has 4 nitrogen and oxygen atoms in total. The number of amides is 1. The van der Waals surface area contributed by atoms with Crippen molar-refractivity contribution in [1.29, 1.82) is 0 Å². The zero-order valence-electron chi connectivity index (χ0n) is 9.63. The summed E-state index contributed by atoms with van der Waals surface area (Å²) in [6, 6.07) is 0. The van der Waals surface area contributed by atoms with Crippen LogP contribution in [-0.4, -0.2) is 22.0 Å². The summed E-state index contributed by atoms with van der Waals surface area (Å²) in [4.78, 5) is 12.2. The van der Waals surface area contributed by atoms with Gasteiger partial charge in [-0.05, 0) is 30.3 Å². The van der Waals surface area contributed by atoms with Crippen LogP contribution in [0.25, 0.3) is 0 Å². The number of nitrogens with one attached hydrogen (secondary N) is 1.